The molecule has 4 N–H and O–H groups in total. The fourth-order valence-corrected chi connectivity index (χ4v) is 3.53. The summed E-state index contributed by atoms with van der Waals surface area (Å²) in [6.07, 6.45) is 0. The third-order valence-corrected chi connectivity index (χ3v) is 5.28. The van der Waals surface area contributed by atoms with Crippen LogP contribution in [-0.4, -0.2) is 40.1 Å². The molecule has 35 heavy (non-hydrogen) atoms. The van der Waals surface area contributed by atoms with Crippen molar-refractivity contribution < 1.29 is 23.2 Å². The minimum absolute atomic E-state index is 0.0214. The number of nitrogens with two attached hydrogens (primary N) is 1. The maximum Gasteiger partial charge on any atom is 0.273 e. The van der Waals surface area contributed by atoms with Crippen molar-refractivity contribution in [2.75, 3.05) is 6.54 Å². The van der Waals surface area contributed by atoms with Crippen LogP contribution in [0.5, 0.6) is 0 Å². The molecule has 0 fully saturated rings. The number of primary amides is 1. The van der Waals surface area contributed by atoms with E-state index in [0.29, 0.717) is 0 Å². The molecule has 1 heterocycles. The fourth-order valence-electron chi connectivity index (χ4n) is 3.53. The van der Waals surface area contributed by atoms with E-state index in [9.17, 15) is 23.2 Å². The summed E-state index contributed by atoms with van der Waals surface area (Å²) in [5.41, 5.74) is 4.41. The highest BCUT2D eigenvalue weighted by molar-refractivity contribution is 6.06. The number of aromatic nitrogens is 2. The van der Waals surface area contributed by atoms with Crippen LogP contribution in [0.4, 0.5) is 8.78 Å². The van der Waals surface area contributed by atoms with E-state index < -0.39 is 47.4 Å². The number of carbonyl (C=O) groups excluding carboxylic acids is 3. The van der Waals surface area contributed by atoms with Crippen LogP contribution in [0.15, 0.2) is 36.4 Å². The standard InChI is InChI=1S/C24H24F2N6O3/c1-24(2,3)21(23(35)29-11-18(28)33)30-22(34)19-15-5-4-6-16(25)20(15)32(31-19)12-14-8-7-13(10-27)9-17(14)26/h4-9,21H,11-12H2,1-3H3,(H2,28,33)(H,29,35)(H,30,34). The summed E-state index contributed by atoms with van der Waals surface area (Å²) in [5, 5.41) is 18.3. The molecule has 0 spiro atoms. The lowest BCUT2D eigenvalue weighted by Crippen LogP contribution is -2.54. The number of hydrogen-bond acceptors (Lipinski definition) is 5. The average molecular weight is 482 g/mol. The summed E-state index contributed by atoms with van der Waals surface area (Å²) in [6.45, 7) is 4.54. The van der Waals surface area contributed by atoms with Gasteiger partial charge < -0.3 is 16.4 Å². The first kappa shape index (κ1) is 25.3. The molecule has 0 aliphatic rings. The van der Waals surface area contributed by atoms with Crippen LogP contribution in [-0.2, 0) is 16.1 Å². The summed E-state index contributed by atoms with van der Waals surface area (Å²) >= 11 is 0. The van der Waals surface area contributed by atoms with Crippen molar-refractivity contribution in [3.05, 3.63) is 64.9 Å². The molecule has 11 heteroatoms. The van der Waals surface area contributed by atoms with Crippen LogP contribution < -0.4 is 16.4 Å². The number of amides is 3. The maximum absolute atomic E-state index is 14.8. The number of benzene rings is 2. The number of halogens is 2. The van der Waals surface area contributed by atoms with Crippen LogP contribution in [0.1, 0.15) is 42.4 Å². The maximum atomic E-state index is 14.8. The second-order valence-corrected chi connectivity index (χ2v) is 9.02. The van der Waals surface area contributed by atoms with Gasteiger partial charge in [0.05, 0.1) is 24.7 Å². The third kappa shape index (κ3) is 5.60. The van der Waals surface area contributed by atoms with Gasteiger partial charge in [0.1, 0.15) is 23.2 Å². The fraction of sp³-hybridized carbons (Fsp3) is 0.292. The Balaban J connectivity index is 1.99. The molecule has 0 aliphatic heterocycles. The van der Waals surface area contributed by atoms with E-state index in [1.807, 2.05) is 6.07 Å². The Hall–Kier alpha value is -4.33. The second kappa shape index (κ2) is 9.89. The molecule has 0 radical (unpaired) electrons. The quantitative estimate of drug-likeness (QED) is 0.472. The number of hydrogen-bond donors (Lipinski definition) is 3. The van der Waals surface area contributed by atoms with E-state index in [1.165, 1.54) is 30.3 Å². The molecule has 9 nitrogen and oxygen atoms in total. The molecule has 182 valence electrons. The van der Waals surface area contributed by atoms with E-state index in [2.05, 4.69) is 15.7 Å². The molecule has 1 unspecified atom stereocenters. The molecule has 3 rings (SSSR count). The SMILES string of the molecule is CC(C)(C)C(NC(=O)c1nn(Cc2ccc(C#N)cc2F)c2c(F)cccc12)C(=O)NCC(N)=O. The Morgan fingerprint density at radius 1 is 1.17 bits per heavy atom. The van der Waals surface area contributed by atoms with Gasteiger partial charge in [-0.3, -0.25) is 19.1 Å². The van der Waals surface area contributed by atoms with Crippen molar-refractivity contribution in [2.24, 2.45) is 11.1 Å². The summed E-state index contributed by atoms with van der Waals surface area (Å²) in [5.74, 6) is -3.47. The largest absolute Gasteiger partial charge is 0.368 e. The van der Waals surface area contributed by atoms with Gasteiger partial charge in [0.25, 0.3) is 5.91 Å². The summed E-state index contributed by atoms with van der Waals surface area (Å²) in [6, 6.07) is 8.72. The van der Waals surface area contributed by atoms with Gasteiger partial charge in [-0.25, -0.2) is 8.78 Å². The first-order valence-electron chi connectivity index (χ1n) is 10.6. The molecule has 0 aliphatic carbocycles. The van der Waals surface area contributed by atoms with Gasteiger partial charge in [-0.2, -0.15) is 10.4 Å². The van der Waals surface area contributed by atoms with E-state index in [1.54, 1.807) is 20.8 Å². The minimum atomic E-state index is -1.07. The number of rotatable bonds is 7. The van der Waals surface area contributed by atoms with E-state index in [4.69, 9.17) is 11.0 Å². The highest BCUT2D eigenvalue weighted by Crippen LogP contribution is 2.25. The molecule has 3 amide bonds. The average Bonchev–Trinajstić information content (AvgIpc) is 3.16. The Bertz CT molecular complexity index is 1350. The number of nitrogens with one attached hydrogen (secondary N) is 2. The zero-order valence-corrected chi connectivity index (χ0v) is 19.4. The van der Waals surface area contributed by atoms with Crippen LogP contribution in [0.3, 0.4) is 0 Å². The van der Waals surface area contributed by atoms with Crippen LogP contribution >= 0.6 is 0 Å². The predicted molar refractivity (Wildman–Crippen MR) is 123 cm³/mol. The van der Waals surface area contributed by atoms with E-state index >= 15 is 0 Å². The van der Waals surface area contributed by atoms with E-state index in [0.717, 1.165) is 10.7 Å². The lowest BCUT2D eigenvalue weighted by Gasteiger charge is -2.30. The first-order valence-corrected chi connectivity index (χ1v) is 10.6. The lowest BCUT2D eigenvalue weighted by atomic mass is 9.86. The first-order chi connectivity index (χ1) is 16.4. The molecule has 0 bridgehead atoms. The monoisotopic (exact) mass is 482 g/mol. The van der Waals surface area contributed by atoms with Gasteiger partial charge in [0.15, 0.2) is 5.69 Å². The Morgan fingerprint density at radius 3 is 2.49 bits per heavy atom. The third-order valence-electron chi connectivity index (χ3n) is 5.28. The van der Waals surface area contributed by atoms with Crippen molar-refractivity contribution in [1.29, 1.82) is 5.26 Å². The Labute approximate surface area is 199 Å². The number of fused-ring (bicyclic) bond motifs is 1. The zero-order chi connectivity index (χ0) is 25.9. The van der Waals surface area contributed by atoms with Crippen molar-refractivity contribution in [1.82, 2.24) is 20.4 Å². The molecule has 1 aromatic heterocycles. The predicted octanol–water partition coefficient (Wildman–Crippen LogP) is 1.98. The van der Waals surface area contributed by atoms with Gasteiger partial charge in [0, 0.05) is 10.9 Å². The molecular weight excluding hydrogens is 458 g/mol. The van der Waals surface area contributed by atoms with Crippen LogP contribution in [0.25, 0.3) is 10.9 Å². The van der Waals surface area contributed by atoms with Crippen molar-refractivity contribution in [3.63, 3.8) is 0 Å². The van der Waals surface area contributed by atoms with Gasteiger partial charge in [-0.1, -0.05) is 39.0 Å². The van der Waals surface area contributed by atoms with Crippen molar-refractivity contribution >= 4 is 28.6 Å². The topological polar surface area (TPSA) is 143 Å². The molecule has 0 saturated carbocycles. The highest BCUT2D eigenvalue weighted by atomic mass is 19.1. The number of para-hydroxylation sites is 1. The summed E-state index contributed by atoms with van der Waals surface area (Å²) < 4.78 is 30.4. The van der Waals surface area contributed by atoms with Crippen LogP contribution in [0.2, 0.25) is 0 Å². The summed E-state index contributed by atoms with van der Waals surface area (Å²) in [4.78, 5) is 36.9. The zero-order valence-electron chi connectivity index (χ0n) is 19.4. The second-order valence-electron chi connectivity index (χ2n) is 9.02. The van der Waals surface area contributed by atoms with Crippen molar-refractivity contribution in [2.45, 2.75) is 33.4 Å². The van der Waals surface area contributed by atoms with Gasteiger partial charge in [0.2, 0.25) is 11.8 Å². The highest BCUT2D eigenvalue weighted by Gasteiger charge is 2.34. The Morgan fingerprint density at radius 2 is 1.89 bits per heavy atom. The van der Waals surface area contributed by atoms with Crippen molar-refractivity contribution in [3.8, 4) is 6.07 Å². The normalized spacial score (nSPS) is 12.1. The number of carbonyl (C=O) groups is 3. The van der Waals surface area contributed by atoms with Gasteiger partial charge >= 0.3 is 0 Å². The lowest BCUT2D eigenvalue weighted by molar-refractivity contribution is -0.128. The van der Waals surface area contributed by atoms with Gasteiger partial charge in [-0.05, 0) is 23.6 Å². The molecular formula is C24H24F2N6O3. The molecule has 3 aromatic rings. The summed E-state index contributed by atoms with van der Waals surface area (Å²) in [7, 11) is 0. The molecule has 2 aromatic carbocycles. The smallest absolute Gasteiger partial charge is 0.273 e. The molecule has 0 saturated heterocycles. The Kier molecular flexibility index (Phi) is 7.14. The van der Waals surface area contributed by atoms with Crippen LogP contribution in [0, 0.1) is 28.4 Å². The number of nitrogens with zero attached hydrogens (tertiary/aromatic N) is 3. The molecule has 1 atom stereocenters. The van der Waals surface area contributed by atoms with Gasteiger partial charge in [-0.15, -0.1) is 0 Å². The minimum Gasteiger partial charge on any atom is -0.368 e. The van der Waals surface area contributed by atoms with E-state index in [-0.39, 0.29) is 34.3 Å². The number of nitriles is 1.